The van der Waals surface area contributed by atoms with Gasteiger partial charge in [0.05, 0.1) is 0 Å². The van der Waals surface area contributed by atoms with E-state index in [0.717, 1.165) is 0 Å². The zero-order valence-electron chi connectivity index (χ0n) is 14.1. The van der Waals surface area contributed by atoms with E-state index in [-0.39, 0.29) is 0 Å². The van der Waals surface area contributed by atoms with Gasteiger partial charge in [0.25, 0.3) is 0 Å². The number of rotatable bonds is 15. The van der Waals surface area contributed by atoms with Crippen LogP contribution in [0, 0.1) is 0 Å². The third kappa shape index (κ3) is 14.2. The zero-order valence-corrected chi connectivity index (χ0v) is 14.1. The van der Waals surface area contributed by atoms with E-state index in [1.807, 2.05) is 0 Å². The maximum Gasteiger partial charge on any atom is -0.00189 e. The SMILES string of the molecule is CCCCCCCCCCN(CC)CCCCCC. The van der Waals surface area contributed by atoms with Crippen LogP contribution >= 0.6 is 0 Å². The highest BCUT2D eigenvalue weighted by atomic mass is 15.1. The summed E-state index contributed by atoms with van der Waals surface area (Å²) in [6.07, 6.45) is 17.1. The van der Waals surface area contributed by atoms with Crippen LogP contribution in [0.4, 0.5) is 0 Å². The molecule has 0 bridgehead atoms. The van der Waals surface area contributed by atoms with Crippen molar-refractivity contribution in [2.45, 2.75) is 97.8 Å². The Hall–Kier alpha value is -0.0400. The summed E-state index contributed by atoms with van der Waals surface area (Å²) >= 11 is 0. The van der Waals surface area contributed by atoms with E-state index in [2.05, 4.69) is 25.7 Å². The second-order valence-electron chi connectivity index (χ2n) is 5.97. The van der Waals surface area contributed by atoms with Gasteiger partial charge in [0.2, 0.25) is 0 Å². The maximum atomic E-state index is 2.65. The first-order valence-corrected chi connectivity index (χ1v) is 9.07. The fourth-order valence-corrected chi connectivity index (χ4v) is 2.66. The molecule has 0 saturated heterocycles. The lowest BCUT2D eigenvalue weighted by atomic mass is 10.1. The van der Waals surface area contributed by atoms with E-state index < -0.39 is 0 Å². The minimum atomic E-state index is 1.24. The van der Waals surface area contributed by atoms with Gasteiger partial charge in [-0.3, -0.25) is 0 Å². The summed E-state index contributed by atoms with van der Waals surface area (Å²) in [5, 5.41) is 0. The van der Waals surface area contributed by atoms with Gasteiger partial charge in [0.1, 0.15) is 0 Å². The Morgan fingerprint density at radius 3 is 1.26 bits per heavy atom. The monoisotopic (exact) mass is 269 g/mol. The molecule has 1 heteroatoms. The molecule has 0 aliphatic heterocycles. The van der Waals surface area contributed by atoms with Crippen LogP contribution in [-0.4, -0.2) is 24.5 Å². The summed E-state index contributed by atoms with van der Waals surface area (Å²) < 4.78 is 0. The van der Waals surface area contributed by atoms with Crippen LogP contribution in [0.3, 0.4) is 0 Å². The Morgan fingerprint density at radius 2 is 0.842 bits per heavy atom. The molecule has 0 aromatic heterocycles. The number of unbranched alkanes of at least 4 members (excludes halogenated alkanes) is 10. The summed E-state index contributed by atoms with van der Waals surface area (Å²) in [5.41, 5.74) is 0. The predicted octanol–water partition coefficient (Wildman–Crippen LogP) is 6.03. The minimum absolute atomic E-state index is 1.24. The molecule has 0 aromatic carbocycles. The van der Waals surface area contributed by atoms with Gasteiger partial charge in [-0.05, 0) is 32.5 Å². The van der Waals surface area contributed by atoms with Crippen LogP contribution in [0.25, 0.3) is 0 Å². The van der Waals surface area contributed by atoms with E-state index in [1.165, 1.54) is 96.7 Å². The molecule has 0 N–H and O–H groups in total. The highest BCUT2D eigenvalue weighted by Gasteiger charge is 2.01. The lowest BCUT2D eigenvalue weighted by Crippen LogP contribution is -2.25. The Morgan fingerprint density at radius 1 is 0.474 bits per heavy atom. The molecule has 0 spiro atoms. The fourth-order valence-electron chi connectivity index (χ4n) is 2.66. The minimum Gasteiger partial charge on any atom is -0.304 e. The highest BCUT2D eigenvalue weighted by Crippen LogP contribution is 2.09. The molecule has 1 nitrogen and oxygen atoms in total. The molecular weight excluding hydrogens is 230 g/mol. The summed E-state index contributed by atoms with van der Waals surface area (Å²) in [5.74, 6) is 0. The van der Waals surface area contributed by atoms with Gasteiger partial charge in [-0.15, -0.1) is 0 Å². The summed E-state index contributed by atoms with van der Waals surface area (Å²) in [6, 6.07) is 0. The highest BCUT2D eigenvalue weighted by molar-refractivity contribution is 4.57. The largest absolute Gasteiger partial charge is 0.304 e. The Labute approximate surface area is 123 Å². The van der Waals surface area contributed by atoms with Crippen LogP contribution in [0.1, 0.15) is 97.8 Å². The summed E-state index contributed by atoms with van der Waals surface area (Å²) in [7, 11) is 0. The average molecular weight is 270 g/mol. The van der Waals surface area contributed by atoms with Crippen molar-refractivity contribution < 1.29 is 0 Å². The van der Waals surface area contributed by atoms with E-state index in [1.54, 1.807) is 0 Å². The predicted molar refractivity (Wildman–Crippen MR) is 88.9 cm³/mol. The molecular formula is C18H39N. The molecule has 0 amide bonds. The van der Waals surface area contributed by atoms with Crippen LogP contribution < -0.4 is 0 Å². The maximum absolute atomic E-state index is 2.65. The van der Waals surface area contributed by atoms with Gasteiger partial charge in [0.15, 0.2) is 0 Å². The first-order chi connectivity index (χ1) is 9.35. The molecule has 0 heterocycles. The first-order valence-electron chi connectivity index (χ1n) is 9.07. The van der Waals surface area contributed by atoms with Gasteiger partial charge in [-0.1, -0.05) is 85.0 Å². The van der Waals surface area contributed by atoms with E-state index >= 15 is 0 Å². The van der Waals surface area contributed by atoms with Crippen molar-refractivity contribution in [1.82, 2.24) is 4.90 Å². The molecule has 0 radical (unpaired) electrons. The van der Waals surface area contributed by atoms with Crippen molar-refractivity contribution in [3.8, 4) is 0 Å². The van der Waals surface area contributed by atoms with Gasteiger partial charge >= 0.3 is 0 Å². The van der Waals surface area contributed by atoms with Crippen molar-refractivity contribution in [2.24, 2.45) is 0 Å². The quantitative estimate of drug-likeness (QED) is 0.328. The topological polar surface area (TPSA) is 3.24 Å². The Bertz CT molecular complexity index is 156. The molecule has 0 aromatic rings. The third-order valence-electron chi connectivity index (χ3n) is 4.10. The van der Waals surface area contributed by atoms with E-state index in [0.29, 0.717) is 0 Å². The molecule has 116 valence electrons. The number of nitrogens with zero attached hydrogens (tertiary/aromatic N) is 1. The van der Waals surface area contributed by atoms with Crippen molar-refractivity contribution in [3.05, 3.63) is 0 Å². The number of hydrogen-bond donors (Lipinski definition) is 0. The van der Waals surface area contributed by atoms with Crippen LogP contribution in [0.5, 0.6) is 0 Å². The molecule has 0 aliphatic rings. The smallest absolute Gasteiger partial charge is 0.00189 e. The molecule has 0 rings (SSSR count). The van der Waals surface area contributed by atoms with Crippen LogP contribution in [-0.2, 0) is 0 Å². The van der Waals surface area contributed by atoms with Crippen LogP contribution in [0.15, 0.2) is 0 Å². The van der Waals surface area contributed by atoms with Gasteiger partial charge < -0.3 is 4.90 Å². The second-order valence-corrected chi connectivity index (χ2v) is 5.97. The first kappa shape index (κ1) is 19.0. The molecule has 19 heavy (non-hydrogen) atoms. The van der Waals surface area contributed by atoms with E-state index in [4.69, 9.17) is 0 Å². The molecule has 0 atom stereocenters. The second kappa shape index (κ2) is 16.0. The standard InChI is InChI=1S/C18H39N/c1-4-7-9-11-12-13-14-16-18-19(6-3)17-15-10-8-5-2/h4-18H2,1-3H3. The molecule has 0 fully saturated rings. The molecule has 0 saturated carbocycles. The van der Waals surface area contributed by atoms with Gasteiger partial charge in [-0.25, -0.2) is 0 Å². The van der Waals surface area contributed by atoms with E-state index in [9.17, 15) is 0 Å². The third-order valence-corrected chi connectivity index (χ3v) is 4.10. The van der Waals surface area contributed by atoms with Crippen molar-refractivity contribution >= 4 is 0 Å². The fraction of sp³-hybridized carbons (Fsp3) is 1.00. The normalized spacial score (nSPS) is 11.4. The Balaban J connectivity index is 3.26. The van der Waals surface area contributed by atoms with Crippen LogP contribution in [0.2, 0.25) is 0 Å². The summed E-state index contributed by atoms with van der Waals surface area (Å²) in [4.78, 5) is 2.65. The van der Waals surface area contributed by atoms with Gasteiger partial charge in [0, 0.05) is 0 Å². The van der Waals surface area contributed by atoms with Crippen molar-refractivity contribution in [3.63, 3.8) is 0 Å². The molecule has 0 aliphatic carbocycles. The molecule has 0 unspecified atom stereocenters. The number of hydrogen-bond acceptors (Lipinski definition) is 1. The summed E-state index contributed by atoms with van der Waals surface area (Å²) in [6.45, 7) is 10.8. The van der Waals surface area contributed by atoms with Crippen molar-refractivity contribution in [1.29, 1.82) is 0 Å². The van der Waals surface area contributed by atoms with Gasteiger partial charge in [-0.2, -0.15) is 0 Å². The van der Waals surface area contributed by atoms with Crippen molar-refractivity contribution in [2.75, 3.05) is 19.6 Å². The average Bonchev–Trinajstić information content (AvgIpc) is 2.44. The Kier molecular flexibility index (Phi) is 16.0. The lowest BCUT2D eigenvalue weighted by molar-refractivity contribution is 0.273. The lowest BCUT2D eigenvalue weighted by Gasteiger charge is -2.20. The zero-order chi connectivity index (χ0) is 14.2.